The van der Waals surface area contributed by atoms with E-state index in [0.29, 0.717) is 40.5 Å². The second-order valence-corrected chi connectivity index (χ2v) is 7.05. The number of benzene rings is 3. The highest BCUT2D eigenvalue weighted by Gasteiger charge is 2.07. The van der Waals surface area contributed by atoms with Gasteiger partial charge in [0.15, 0.2) is 6.61 Å². The first kappa shape index (κ1) is 20.7. The molecule has 0 aliphatic heterocycles. The summed E-state index contributed by atoms with van der Waals surface area (Å²) in [5.74, 6) is -1.58. The number of nitrogens with one attached hydrogen (secondary N) is 1. The third-order valence-electron chi connectivity index (χ3n) is 3.81. The molecular weight excluding hydrogens is 396 g/mol. The Bertz CT molecular complexity index is 904. The van der Waals surface area contributed by atoms with Crippen LogP contribution in [0.3, 0.4) is 0 Å². The van der Waals surface area contributed by atoms with Crippen LogP contribution in [0.25, 0.3) is 0 Å². The van der Waals surface area contributed by atoms with Crippen LogP contribution in [0, 0.1) is 0 Å². The number of ether oxygens (including phenoxy) is 2. The third-order valence-corrected chi connectivity index (χ3v) is 4.53. The van der Waals surface area contributed by atoms with Crippen LogP contribution in [0.15, 0.2) is 83.8 Å². The molecule has 0 fully saturated rings. The van der Waals surface area contributed by atoms with Crippen molar-refractivity contribution in [2.45, 2.75) is 17.3 Å². The largest absolute Gasteiger partial charge is 0.489 e. The minimum absolute atomic E-state index is 0.169. The predicted octanol–water partition coefficient (Wildman–Crippen LogP) is 5.60. The lowest BCUT2D eigenvalue weighted by molar-refractivity contribution is -0.118. The number of carbonyl (C=O) groups excluding carboxylic acids is 1. The second-order valence-electron chi connectivity index (χ2n) is 5.99. The van der Waals surface area contributed by atoms with Gasteiger partial charge < -0.3 is 14.8 Å². The van der Waals surface area contributed by atoms with Crippen molar-refractivity contribution in [3.8, 4) is 11.5 Å². The molecule has 0 atom stereocenters. The van der Waals surface area contributed by atoms with Gasteiger partial charge >= 0.3 is 0 Å². The zero-order valence-corrected chi connectivity index (χ0v) is 16.2. The summed E-state index contributed by atoms with van der Waals surface area (Å²) in [6.45, 7) is 0.301. The standard InChI is InChI=1S/C22H19F2NO3S/c23-22(24)29-20-12-6-17(7-13-20)25-21(26)15-28-19-10-8-18(9-11-19)27-14-16-4-2-1-3-5-16/h1-13,22H,14-15H2,(H,25,26). The van der Waals surface area contributed by atoms with Crippen molar-refractivity contribution < 1.29 is 23.0 Å². The number of hydrogen-bond acceptors (Lipinski definition) is 4. The van der Waals surface area contributed by atoms with E-state index in [2.05, 4.69) is 5.32 Å². The van der Waals surface area contributed by atoms with Crippen LogP contribution >= 0.6 is 11.8 Å². The molecule has 0 heterocycles. The van der Waals surface area contributed by atoms with Crippen LogP contribution < -0.4 is 14.8 Å². The fraction of sp³-hybridized carbons (Fsp3) is 0.136. The Labute approximate surface area is 171 Å². The van der Waals surface area contributed by atoms with Gasteiger partial charge in [-0.2, -0.15) is 8.78 Å². The van der Waals surface area contributed by atoms with Crippen LogP contribution in [-0.4, -0.2) is 18.3 Å². The number of anilines is 1. The molecule has 150 valence electrons. The van der Waals surface area contributed by atoms with Crippen molar-refractivity contribution in [2.24, 2.45) is 0 Å². The summed E-state index contributed by atoms with van der Waals surface area (Å²) in [4.78, 5) is 12.4. The molecule has 4 nitrogen and oxygen atoms in total. The minimum atomic E-state index is -2.47. The summed E-state index contributed by atoms with van der Waals surface area (Å²) < 4.78 is 35.8. The van der Waals surface area contributed by atoms with Crippen molar-refractivity contribution in [3.05, 3.63) is 84.4 Å². The zero-order valence-electron chi connectivity index (χ0n) is 15.4. The molecule has 3 rings (SSSR count). The summed E-state index contributed by atoms with van der Waals surface area (Å²) in [6, 6.07) is 23.0. The molecule has 0 radical (unpaired) electrons. The lowest BCUT2D eigenvalue weighted by atomic mass is 10.2. The van der Waals surface area contributed by atoms with Gasteiger partial charge in [0.1, 0.15) is 18.1 Å². The van der Waals surface area contributed by atoms with Gasteiger partial charge in [-0.1, -0.05) is 42.1 Å². The molecule has 0 bridgehead atoms. The molecular formula is C22H19F2NO3S. The number of alkyl halides is 2. The monoisotopic (exact) mass is 415 g/mol. The van der Waals surface area contributed by atoms with Crippen molar-refractivity contribution in [1.29, 1.82) is 0 Å². The van der Waals surface area contributed by atoms with Gasteiger partial charge in [-0.25, -0.2) is 0 Å². The van der Waals surface area contributed by atoms with E-state index in [9.17, 15) is 13.6 Å². The van der Waals surface area contributed by atoms with Crippen molar-refractivity contribution in [3.63, 3.8) is 0 Å². The van der Waals surface area contributed by atoms with Gasteiger partial charge in [-0.3, -0.25) is 4.79 Å². The summed E-state index contributed by atoms with van der Waals surface area (Å²) in [6.07, 6.45) is 0. The van der Waals surface area contributed by atoms with E-state index in [1.165, 1.54) is 12.1 Å². The molecule has 29 heavy (non-hydrogen) atoms. The molecule has 0 aliphatic carbocycles. The van der Waals surface area contributed by atoms with Crippen molar-refractivity contribution >= 4 is 23.4 Å². The molecule has 0 unspecified atom stereocenters. The van der Waals surface area contributed by atoms with Gasteiger partial charge in [-0.05, 0) is 54.1 Å². The topological polar surface area (TPSA) is 47.6 Å². The zero-order chi connectivity index (χ0) is 20.5. The van der Waals surface area contributed by atoms with E-state index in [4.69, 9.17) is 9.47 Å². The summed E-state index contributed by atoms with van der Waals surface area (Å²) in [5, 5.41) is 2.66. The van der Waals surface area contributed by atoms with E-state index >= 15 is 0 Å². The highest BCUT2D eigenvalue weighted by molar-refractivity contribution is 7.99. The molecule has 0 saturated heterocycles. The number of carbonyl (C=O) groups is 1. The number of halogens is 2. The second kappa shape index (κ2) is 10.5. The van der Waals surface area contributed by atoms with E-state index in [1.54, 1.807) is 36.4 Å². The van der Waals surface area contributed by atoms with E-state index < -0.39 is 5.76 Å². The Balaban J connectivity index is 1.42. The van der Waals surface area contributed by atoms with Crippen molar-refractivity contribution in [2.75, 3.05) is 11.9 Å². The maximum absolute atomic E-state index is 12.3. The molecule has 0 spiro atoms. The lowest BCUT2D eigenvalue weighted by Crippen LogP contribution is -2.20. The number of thioether (sulfide) groups is 1. The number of amides is 1. The maximum Gasteiger partial charge on any atom is 0.288 e. The lowest BCUT2D eigenvalue weighted by Gasteiger charge is -2.10. The molecule has 1 N–H and O–H groups in total. The van der Waals surface area contributed by atoms with Gasteiger partial charge in [0.25, 0.3) is 11.7 Å². The molecule has 3 aromatic rings. The van der Waals surface area contributed by atoms with E-state index in [-0.39, 0.29) is 12.5 Å². The fourth-order valence-electron chi connectivity index (χ4n) is 2.44. The van der Waals surface area contributed by atoms with Crippen LogP contribution in [0.2, 0.25) is 0 Å². The van der Waals surface area contributed by atoms with E-state index in [1.807, 2.05) is 30.3 Å². The van der Waals surface area contributed by atoms with Crippen molar-refractivity contribution in [1.82, 2.24) is 0 Å². The quantitative estimate of drug-likeness (QED) is 0.462. The Morgan fingerprint density at radius 3 is 2.10 bits per heavy atom. The fourth-order valence-corrected chi connectivity index (χ4v) is 2.94. The molecule has 0 aliphatic rings. The average molecular weight is 415 g/mol. The van der Waals surface area contributed by atoms with Crippen LogP contribution in [0.4, 0.5) is 14.5 Å². The Morgan fingerprint density at radius 1 is 0.862 bits per heavy atom. The third kappa shape index (κ3) is 7.12. The summed E-state index contributed by atoms with van der Waals surface area (Å²) in [7, 11) is 0. The van der Waals surface area contributed by atoms with Gasteiger partial charge in [-0.15, -0.1) is 0 Å². The number of rotatable bonds is 9. The Hall–Kier alpha value is -3.06. The first-order valence-corrected chi connectivity index (χ1v) is 9.71. The molecule has 0 saturated carbocycles. The smallest absolute Gasteiger partial charge is 0.288 e. The molecule has 7 heteroatoms. The van der Waals surface area contributed by atoms with E-state index in [0.717, 1.165) is 5.56 Å². The minimum Gasteiger partial charge on any atom is -0.489 e. The Morgan fingerprint density at radius 2 is 1.48 bits per heavy atom. The molecule has 1 amide bonds. The first-order valence-electron chi connectivity index (χ1n) is 8.83. The average Bonchev–Trinajstić information content (AvgIpc) is 2.73. The van der Waals surface area contributed by atoms with Crippen LogP contribution in [-0.2, 0) is 11.4 Å². The normalized spacial score (nSPS) is 10.6. The highest BCUT2D eigenvalue weighted by Crippen LogP contribution is 2.26. The van der Waals surface area contributed by atoms with Gasteiger partial charge in [0.05, 0.1) is 0 Å². The van der Waals surface area contributed by atoms with Gasteiger partial charge in [0.2, 0.25) is 0 Å². The Kier molecular flexibility index (Phi) is 7.47. The maximum atomic E-state index is 12.3. The highest BCUT2D eigenvalue weighted by atomic mass is 32.2. The molecule has 3 aromatic carbocycles. The SMILES string of the molecule is O=C(COc1ccc(OCc2ccccc2)cc1)Nc1ccc(SC(F)F)cc1. The number of hydrogen-bond donors (Lipinski definition) is 1. The summed E-state index contributed by atoms with van der Waals surface area (Å²) in [5.41, 5.74) is 1.59. The van der Waals surface area contributed by atoms with Crippen LogP contribution in [0.5, 0.6) is 11.5 Å². The molecule has 0 aromatic heterocycles. The van der Waals surface area contributed by atoms with Gasteiger partial charge in [0, 0.05) is 10.6 Å². The predicted molar refractivity (Wildman–Crippen MR) is 110 cm³/mol. The first-order chi connectivity index (χ1) is 14.1. The summed E-state index contributed by atoms with van der Waals surface area (Å²) >= 11 is 0.456. The van der Waals surface area contributed by atoms with Crippen LogP contribution in [0.1, 0.15) is 5.56 Å².